The smallest absolute Gasteiger partial charge is 0.273 e. The van der Waals surface area contributed by atoms with Gasteiger partial charge in [0.2, 0.25) is 0 Å². The zero-order chi connectivity index (χ0) is 14.9. The topological polar surface area (TPSA) is 75.9 Å². The van der Waals surface area contributed by atoms with E-state index in [0.29, 0.717) is 11.3 Å². The molecule has 4 aromatic heterocycles. The Kier molecular flexibility index (Phi) is 2.79. The maximum Gasteiger partial charge on any atom is 0.273 e. The van der Waals surface area contributed by atoms with Crippen LogP contribution in [0.2, 0.25) is 0 Å². The Hall–Kier alpha value is -3.28. The minimum absolute atomic E-state index is 0.160. The Morgan fingerprint density at radius 2 is 1.82 bits per heavy atom. The second-order valence-electron chi connectivity index (χ2n) is 4.82. The molecule has 0 unspecified atom stereocenters. The largest absolute Gasteiger partial charge is 0.289 e. The fourth-order valence-corrected chi connectivity index (χ4v) is 2.33. The summed E-state index contributed by atoms with van der Waals surface area (Å²) in [6.45, 7) is 0. The second-order valence-corrected chi connectivity index (χ2v) is 4.82. The summed E-state index contributed by atoms with van der Waals surface area (Å²) in [5.41, 5.74) is 3.59. The standard InChI is InChI=1S/C16H11N5O/c22-16-9-13(11-3-6-17-7-4-11)19-15-8-14(20-21(15)16)12-2-1-5-18-10-12/h1-10,20H. The zero-order valence-electron chi connectivity index (χ0n) is 11.5. The minimum atomic E-state index is -0.160. The van der Waals surface area contributed by atoms with Gasteiger partial charge in [0.15, 0.2) is 5.65 Å². The number of hydrogen-bond acceptors (Lipinski definition) is 4. The molecule has 0 bridgehead atoms. The molecule has 0 fully saturated rings. The Bertz CT molecular complexity index is 989. The number of hydrogen-bond donors (Lipinski definition) is 1. The van der Waals surface area contributed by atoms with Gasteiger partial charge in [0.25, 0.3) is 5.56 Å². The molecule has 4 rings (SSSR count). The van der Waals surface area contributed by atoms with Crippen molar-refractivity contribution in [1.29, 1.82) is 0 Å². The quantitative estimate of drug-likeness (QED) is 0.613. The van der Waals surface area contributed by atoms with Crippen LogP contribution in [0.25, 0.3) is 28.2 Å². The van der Waals surface area contributed by atoms with Crippen molar-refractivity contribution in [3.63, 3.8) is 0 Å². The van der Waals surface area contributed by atoms with Crippen molar-refractivity contribution in [2.75, 3.05) is 0 Å². The van der Waals surface area contributed by atoms with E-state index in [9.17, 15) is 4.79 Å². The number of fused-ring (bicyclic) bond motifs is 1. The van der Waals surface area contributed by atoms with Crippen LogP contribution in [0, 0.1) is 0 Å². The van der Waals surface area contributed by atoms with Crippen molar-refractivity contribution in [2.45, 2.75) is 0 Å². The van der Waals surface area contributed by atoms with Crippen LogP contribution < -0.4 is 5.56 Å². The average Bonchev–Trinajstić information content (AvgIpc) is 3.01. The van der Waals surface area contributed by atoms with Gasteiger partial charge in [-0.3, -0.25) is 19.9 Å². The highest BCUT2D eigenvalue weighted by atomic mass is 16.1. The minimum Gasteiger partial charge on any atom is -0.289 e. The fraction of sp³-hybridized carbons (Fsp3) is 0. The van der Waals surface area contributed by atoms with Crippen molar-refractivity contribution in [2.24, 2.45) is 0 Å². The van der Waals surface area contributed by atoms with Crippen molar-refractivity contribution in [3.8, 4) is 22.5 Å². The van der Waals surface area contributed by atoms with E-state index in [1.165, 1.54) is 10.6 Å². The molecule has 0 aliphatic rings. The van der Waals surface area contributed by atoms with E-state index in [1.54, 1.807) is 24.8 Å². The van der Waals surface area contributed by atoms with Crippen LogP contribution in [0.1, 0.15) is 0 Å². The first kappa shape index (κ1) is 12.5. The lowest BCUT2D eigenvalue weighted by Crippen LogP contribution is -2.14. The number of rotatable bonds is 2. The number of nitrogens with one attached hydrogen (secondary N) is 1. The van der Waals surface area contributed by atoms with Crippen molar-refractivity contribution in [3.05, 3.63) is 71.5 Å². The van der Waals surface area contributed by atoms with E-state index >= 15 is 0 Å². The first-order valence-electron chi connectivity index (χ1n) is 6.75. The predicted molar refractivity (Wildman–Crippen MR) is 82.3 cm³/mol. The monoisotopic (exact) mass is 289 g/mol. The molecule has 4 aromatic rings. The van der Waals surface area contributed by atoms with Crippen molar-refractivity contribution in [1.82, 2.24) is 24.6 Å². The number of aromatic amines is 1. The highest BCUT2D eigenvalue weighted by molar-refractivity contribution is 5.66. The van der Waals surface area contributed by atoms with Gasteiger partial charge in [-0.25, -0.2) is 9.50 Å². The summed E-state index contributed by atoms with van der Waals surface area (Å²) < 4.78 is 1.42. The van der Waals surface area contributed by atoms with E-state index in [4.69, 9.17) is 0 Å². The molecule has 22 heavy (non-hydrogen) atoms. The molecule has 0 saturated carbocycles. The van der Waals surface area contributed by atoms with Crippen LogP contribution in [-0.4, -0.2) is 24.6 Å². The Balaban J connectivity index is 1.91. The number of aromatic nitrogens is 5. The second kappa shape index (κ2) is 4.92. The fourth-order valence-electron chi connectivity index (χ4n) is 2.33. The summed E-state index contributed by atoms with van der Waals surface area (Å²) >= 11 is 0. The van der Waals surface area contributed by atoms with Crippen LogP contribution in [0.4, 0.5) is 0 Å². The molecule has 1 N–H and O–H groups in total. The summed E-state index contributed by atoms with van der Waals surface area (Å²) in [5.74, 6) is 0. The molecule has 0 radical (unpaired) electrons. The maximum absolute atomic E-state index is 12.3. The van der Waals surface area contributed by atoms with Crippen molar-refractivity contribution < 1.29 is 0 Å². The first-order valence-corrected chi connectivity index (χ1v) is 6.75. The van der Waals surface area contributed by atoms with E-state index in [1.807, 2.05) is 30.3 Å². The molecule has 106 valence electrons. The molecule has 6 nitrogen and oxygen atoms in total. The molecular weight excluding hydrogens is 278 g/mol. The zero-order valence-corrected chi connectivity index (χ0v) is 11.5. The van der Waals surface area contributed by atoms with Gasteiger partial charge in [0, 0.05) is 48.0 Å². The lowest BCUT2D eigenvalue weighted by atomic mass is 10.2. The third-order valence-electron chi connectivity index (χ3n) is 3.40. The van der Waals surface area contributed by atoms with E-state index in [0.717, 1.165) is 16.8 Å². The van der Waals surface area contributed by atoms with Gasteiger partial charge in [-0.15, -0.1) is 0 Å². The van der Waals surface area contributed by atoms with Gasteiger partial charge >= 0.3 is 0 Å². The predicted octanol–water partition coefficient (Wildman–Crippen LogP) is 2.15. The molecule has 0 aliphatic carbocycles. The van der Waals surface area contributed by atoms with Crippen LogP contribution in [0.5, 0.6) is 0 Å². The van der Waals surface area contributed by atoms with Gasteiger partial charge in [0.05, 0.1) is 11.4 Å². The molecule has 4 heterocycles. The molecule has 6 heteroatoms. The van der Waals surface area contributed by atoms with Gasteiger partial charge in [-0.2, -0.15) is 0 Å². The van der Waals surface area contributed by atoms with Crippen LogP contribution in [0.15, 0.2) is 66.0 Å². The molecule has 0 saturated heterocycles. The maximum atomic E-state index is 12.3. The van der Waals surface area contributed by atoms with Crippen LogP contribution in [-0.2, 0) is 0 Å². The Morgan fingerprint density at radius 3 is 2.59 bits per heavy atom. The SMILES string of the molecule is O=c1cc(-c2ccncc2)nc2cc(-c3cccnc3)[nH]n12. The van der Waals surface area contributed by atoms with E-state index in [-0.39, 0.29) is 5.56 Å². The molecule has 0 aliphatic heterocycles. The molecule has 0 amide bonds. The number of pyridine rings is 2. The normalized spacial score (nSPS) is 10.9. The highest BCUT2D eigenvalue weighted by Gasteiger charge is 2.09. The molecule has 0 atom stereocenters. The van der Waals surface area contributed by atoms with Gasteiger partial charge in [0.1, 0.15) is 0 Å². The van der Waals surface area contributed by atoms with E-state index in [2.05, 4.69) is 20.1 Å². The average molecular weight is 289 g/mol. The van der Waals surface area contributed by atoms with Crippen LogP contribution >= 0.6 is 0 Å². The summed E-state index contributed by atoms with van der Waals surface area (Å²) in [4.78, 5) is 24.9. The molecule has 0 aromatic carbocycles. The highest BCUT2D eigenvalue weighted by Crippen LogP contribution is 2.19. The van der Waals surface area contributed by atoms with E-state index < -0.39 is 0 Å². The van der Waals surface area contributed by atoms with Gasteiger partial charge < -0.3 is 0 Å². The molecule has 0 spiro atoms. The third kappa shape index (κ3) is 2.07. The third-order valence-corrected chi connectivity index (χ3v) is 3.40. The van der Waals surface area contributed by atoms with Gasteiger partial charge in [-0.05, 0) is 24.3 Å². The summed E-state index contributed by atoms with van der Waals surface area (Å²) in [6.07, 6.45) is 6.80. The lowest BCUT2D eigenvalue weighted by Gasteiger charge is -2.00. The summed E-state index contributed by atoms with van der Waals surface area (Å²) in [5, 5.41) is 3.05. The Labute approximate surface area is 125 Å². The number of H-pyrrole nitrogens is 1. The first-order chi connectivity index (χ1) is 10.8. The van der Waals surface area contributed by atoms with Gasteiger partial charge in [-0.1, -0.05) is 0 Å². The Morgan fingerprint density at radius 1 is 0.955 bits per heavy atom. The summed E-state index contributed by atoms with van der Waals surface area (Å²) in [7, 11) is 0. The van der Waals surface area contributed by atoms with Crippen LogP contribution in [0.3, 0.4) is 0 Å². The number of nitrogens with zero attached hydrogens (tertiary/aromatic N) is 4. The lowest BCUT2D eigenvalue weighted by molar-refractivity contribution is 0.904. The molecular formula is C16H11N5O. The van der Waals surface area contributed by atoms with Crippen molar-refractivity contribution >= 4 is 5.65 Å². The summed E-state index contributed by atoms with van der Waals surface area (Å²) in [6, 6.07) is 10.8.